The Morgan fingerprint density at radius 3 is 2.36 bits per heavy atom. The molecule has 4 heteroatoms. The number of carbonyl (C=O) groups is 1. The Labute approximate surface area is 152 Å². The van der Waals surface area contributed by atoms with Crippen molar-refractivity contribution >= 4 is 5.91 Å². The fourth-order valence-corrected chi connectivity index (χ4v) is 4.03. The third-order valence-corrected chi connectivity index (χ3v) is 5.84. The van der Waals surface area contributed by atoms with E-state index in [1.165, 1.54) is 11.1 Å². The van der Waals surface area contributed by atoms with Crippen molar-refractivity contribution in [2.24, 2.45) is 0 Å². The van der Waals surface area contributed by atoms with Gasteiger partial charge < -0.3 is 10.2 Å². The minimum absolute atomic E-state index is 0.284. The minimum atomic E-state index is 0.284. The number of nitrogens with one attached hydrogen (secondary N) is 1. The minimum Gasteiger partial charge on any atom is -0.341 e. The highest BCUT2D eigenvalue weighted by atomic mass is 16.2. The molecule has 2 aliphatic rings. The van der Waals surface area contributed by atoms with E-state index in [2.05, 4.69) is 60.2 Å². The van der Waals surface area contributed by atoms with Crippen LogP contribution in [0.3, 0.4) is 0 Å². The molecule has 2 aliphatic heterocycles. The van der Waals surface area contributed by atoms with Crippen molar-refractivity contribution in [2.75, 3.05) is 39.3 Å². The molecule has 138 valence electrons. The maximum Gasteiger partial charge on any atom is 0.223 e. The van der Waals surface area contributed by atoms with Crippen LogP contribution in [-0.2, 0) is 4.79 Å². The summed E-state index contributed by atoms with van der Waals surface area (Å²) < 4.78 is 0. The first-order valence-electron chi connectivity index (χ1n) is 9.87. The van der Waals surface area contributed by atoms with Crippen LogP contribution < -0.4 is 5.32 Å². The van der Waals surface area contributed by atoms with Crippen LogP contribution in [0.25, 0.3) is 0 Å². The third-order valence-electron chi connectivity index (χ3n) is 5.84. The van der Waals surface area contributed by atoms with Crippen molar-refractivity contribution in [3.63, 3.8) is 0 Å². The molecule has 0 aliphatic carbocycles. The normalized spacial score (nSPS) is 23.2. The summed E-state index contributed by atoms with van der Waals surface area (Å²) in [5, 5.41) is 3.41. The Bertz CT molecular complexity index is 563. The fourth-order valence-electron chi connectivity index (χ4n) is 4.03. The molecular formula is C21H33N3O. The monoisotopic (exact) mass is 343 g/mol. The summed E-state index contributed by atoms with van der Waals surface area (Å²) in [6.45, 7) is 12.8. The highest BCUT2D eigenvalue weighted by Gasteiger charge is 2.31. The van der Waals surface area contributed by atoms with Crippen molar-refractivity contribution in [2.45, 2.75) is 51.5 Å². The van der Waals surface area contributed by atoms with Gasteiger partial charge in [0, 0.05) is 51.7 Å². The number of hydrogen-bond acceptors (Lipinski definition) is 3. The Kier molecular flexibility index (Phi) is 6.13. The molecule has 1 amide bonds. The van der Waals surface area contributed by atoms with Gasteiger partial charge in [-0.2, -0.15) is 0 Å². The summed E-state index contributed by atoms with van der Waals surface area (Å²) in [6.07, 6.45) is 1.75. The highest BCUT2D eigenvalue weighted by molar-refractivity contribution is 5.77. The van der Waals surface area contributed by atoms with Gasteiger partial charge in [0.2, 0.25) is 5.91 Å². The molecule has 2 unspecified atom stereocenters. The highest BCUT2D eigenvalue weighted by Crippen LogP contribution is 2.24. The van der Waals surface area contributed by atoms with Crippen LogP contribution in [0, 0.1) is 0 Å². The van der Waals surface area contributed by atoms with Crippen molar-refractivity contribution in [1.29, 1.82) is 0 Å². The average molecular weight is 344 g/mol. The second-order valence-electron chi connectivity index (χ2n) is 7.99. The van der Waals surface area contributed by atoms with Crippen LogP contribution in [0.1, 0.15) is 56.6 Å². The lowest BCUT2D eigenvalue weighted by Gasteiger charge is -2.32. The number of carbonyl (C=O) groups excluding carboxylic acids is 1. The Hall–Kier alpha value is -1.39. The van der Waals surface area contributed by atoms with E-state index in [9.17, 15) is 4.79 Å². The molecule has 0 spiro atoms. The van der Waals surface area contributed by atoms with E-state index in [-0.39, 0.29) is 5.92 Å². The van der Waals surface area contributed by atoms with E-state index in [4.69, 9.17) is 0 Å². The van der Waals surface area contributed by atoms with Gasteiger partial charge in [-0.3, -0.25) is 9.69 Å². The lowest BCUT2D eigenvalue weighted by molar-refractivity contribution is -0.130. The average Bonchev–Trinajstić information content (AvgIpc) is 3.13. The molecule has 1 aromatic rings. The largest absolute Gasteiger partial charge is 0.341 e. The second-order valence-corrected chi connectivity index (χ2v) is 7.99. The number of likely N-dealkylation sites (tertiary alicyclic amines) is 1. The molecule has 2 atom stereocenters. The number of hydrogen-bond donors (Lipinski definition) is 1. The number of amides is 1. The molecule has 2 fully saturated rings. The van der Waals surface area contributed by atoms with E-state index in [1.54, 1.807) is 0 Å². The van der Waals surface area contributed by atoms with Gasteiger partial charge >= 0.3 is 0 Å². The fraction of sp³-hybridized carbons (Fsp3) is 0.667. The molecule has 0 saturated carbocycles. The van der Waals surface area contributed by atoms with Gasteiger partial charge in [0.05, 0.1) is 0 Å². The maximum atomic E-state index is 12.7. The summed E-state index contributed by atoms with van der Waals surface area (Å²) >= 11 is 0. The van der Waals surface area contributed by atoms with Crippen molar-refractivity contribution in [3.8, 4) is 0 Å². The van der Waals surface area contributed by atoms with Gasteiger partial charge in [0.15, 0.2) is 0 Å². The molecule has 2 heterocycles. The van der Waals surface area contributed by atoms with Crippen LogP contribution in [0.4, 0.5) is 0 Å². The van der Waals surface area contributed by atoms with Crippen LogP contribution in [0.15, 0.2) is 24.3 Å². The molecule has 2 saturated heterocycles. The molecule has 3 rings (SSSR count). The summed E-state index contributed by atoms with van der Waals surface area (Å²) in [5.74, 6) is 1.16. The molecular weight excluding hydrogens is 310 g/mol. The van der Waals surface area contributed by atoms with E-state index in [1.807, 2.05) is 0 Å². The van der Waals surface area contributed by atoms with Crippen LogP contribution in [0.2, 0.25) is 0 Å². The molecule has 25 heavy (non-hydrogen) atoms. The van der Waals surface area contributed by atoms with Gasteiger partial charge in [-0.05, 0) is 29.4 Å². The lowest BCUT2D eigenvalue weighted by atomic mass is 9.94. The predicted octanol–water partition coefficient (Wildman–Crippen LogP) is 2.81. The number of piperazine rings is 1. The zero-order valence-corrected chi connectivity index (χ0v) is 16.0. The number of nitrogens with zero attached hydrogens (tertiary/aromatic N) is 2. The zero-order chi connectivity index (χ0) is 17.8. The lowest BCUT2D eigenvalue weighted by Crippen LogP contribution is -2.49. The standard InChI is InChI=1S/C21H33N3O/c1-16(2)18-4-6-19(7-5-18)17(3)14-21(25)24-11-8-20(15-24)23-12-9-22-10-13-23/h4-7,16-17,20,22H,8-15H2,1-3H3. The summed E-state index contributed by atoms with van der Waals surface area (Å²) in [5.41, 5.74) is 2.64. The first-order chi connectivity index (χ1) is 12.0. The summed E-state index contributed by atoms with van der Waals surface area (Å²) in [4.78, 5) is 17.4. The molecule has 0 aromatic heterocycles. The Balaban J connectivity index is 1.51. The smallest absolute Gasteiger partial charge is 0.223 e. The topological polar surface area (TPSA) is 35.6 Å². The van der Waals surface area contributed by atoms with Gasteiger partial charge in [0.1, 0.15) is 0 Å². The van der Waals surface area contributed by atoms with E-state index in [0.717, 1.165) is 45.7 Å². The van der Waals surface area contributed by atoms with Gasteiger partial charge in [0.25, 0.3) is 0 Å². The third kappa shape index (κ3) is 4.62. The van der Waals surface area contributed by atoms with Crippen molar-refractivity contribution < 1.29 is 4.79 Å². The van der Waals surface area contributed by atoms with Crippen LogP contribution >= 0.6 is 0 Å². The Morgan fingerprint density at radius 2 is 1.72 bits per heavy atom. The molecule has 0 bridgehead atoms. The molecule has 1 N–H and O–H groups in total. The van der Waals surface area contributed by atoms with E-state index >= 15 is 0 Å². The molecule has 1 aromatic carbocycles. The van der Waals surface area contributed by atoms with Crippen LogP contribution in [0.5, 0.6) is 0 Å². The number of benzene rings is 1. The SMILES string of the molecule is CC(C)c1ccc(C(C)CC(=O)N2CCC(N3CCNCC3)C2)cc1. The quantitative estimate of drug-likeness (QED) is 0.893. The zero-order valence-electron chi connectivity index (χ0n) is 16.0. The number of rotatable bonds is 5. The predicted molar refractivity (Wildman–Crippen MR) is 103 cm³/mol. The first-order valence-corrected chi connectivity index (χ1v) is 9.87. The molecule has 4 nitrogen and oxygen atoms in total. The second kappa shape index (κ2) is 8.33. The van der Waals surface area contributed by atoms with E-state index < -0.39 is 0 Å². The summed E-state index contributed by atoms with van der Waals surface area (Å²) in [7, 11) is 0. The van der Waals surface area contributed by atoms with Gasteiger partial charge in [-0.15, -0.1) is 0 Å². The van der Waals surface area contributed by atoms with Crippen LogP contribution in [-0.4, -0.2) is 61.0 Å². The van der Waals surface area contributed by atoms with Crippen molar-refractivity contribution in [1.82, 2.24) is 15.1 Å². The van der Waals surface area contributed by atoms with Gasteiger partial charge in [-0.1, -0.05) is 45.0 Å². The maximum absolute atomic E-state index is 12.7. The van der Waals surface area contributed by atoms with Gasteiger partial charge in [-0.25, -0.2) is 0 Å². The summed E-state index contributed by atoms with van der Waals surface area (Å²) in [6, 6.07) is 9.36. The van der Waals surface area contributed by atoms with Crippen molar-refractivity contribution in [3.05, 3.63) is 35.4 Å². The Morgan fingerprint density at radius 1 is 1.08 bits per heavy atom. The van der Waals surface area contributed by atoms with E-state index in [0.29, 0.717) is 24.3 Å². The molecule has 0 radical (unpaired) electrons. The first kappa shape index (κ1) is 18.4.